The van der Waals surface area contributed by atoms with E-state index in [9.17, 15) is 17.6 Å². The van der Waals surface area contributed by atoms with Gasteiger partial charge in [-0.3, -0.25) is 4.79 Å². The molecule has 1 atom stereocenters. The van der Waals surface area contributed by atoms with E-state index in [2.05, 4.69) is 4.74 Å². The third-order valence-corrected chi connectivity index (χ3v) is 6.30. The van der Waals surface area contributed by atoms with Gasteiger partial charge in [-0.1, -0.05) is 11.6 Å². The minimum absolute atomic E-state index is 0.0399. The minimum atomic E-state index is -4.01. The van der Waals surface area contributed by atoms with Crippen LogP contribution in [0.1, 0.15) is 0 Å². The van der Waals surface area contributed by atoms with Crippen molar-refractivity contribution in [3.05, 3.63) is 29.0 Å². The first kappa shape index (κ1) is 16.5. The Labute approximate surface area is 131 Å². The smallest absolute Gasteiger partial charge is 0.320 e. The van der Waals surface area contributed by atoms with E-state index in [0.29, 0.717) is 5.75 Å². The van der Waals surface area contributed by atoms with Gasteiger partial charge >= 0.3 is 5.97 Å². The second-order valence-electron chi connectivity index (χ2n) is 4.32. The molecule has 0 spiro atoms. The number of carbonyl (C=O) groups excluding carboxylic acids is 1. The van der Waals surface area contributed by atoms with Crippen molar-refractivity contribution in [1.29, 1.82) is 0 Å². The molecule has 21 heavy (non-hydrogen) atoms. The fraction of sp³-hybridized carbons (Fsp3) is 0.417. The van der Waals surface area contributed by atoms with Crippen LogP contribution in [0.25, 0.3) is 0 Å². The molecule has 1 aromatic rings. The Morgan fingerprint density at radius 2 is 2.24 bits per heavy atom. The fourth-order valence-corrected chi connectivity index (χ4v) is 4.94. The number of nitrogens with zero attached hydrogens (tertiary/aromatic N) is 1. The lowest BCUT2D eigenvalue weighted by atomic mass is 10.3. The molecule has 0 unspecified atom stereocenters. The van der Waals surface area contributed by atoms with Crippen LogP contribution >= 0.6 is 23.4 Å². The van der Waals surface area contributed by atoms with Crippen LogP contribution in [0.4, 0.5) is 4.39 Å². The second kappa shape index (κ2) is 6.51. The van der Waals surface area contributed by atoms with Crippen LogP contribution in [-0.4, -0.2) is 49.9 Å². The molecule has 116 valence electrons. The first-order valence-electron chi connectivity index (χ1n) is 6.01. The van der Waals surface area contributed by atoms with E-state index < -0.39 is 32.0 Å². The molecule has 2 rings (SSSR count). The van der Waals surface area contributed by atoms with Crippen molar-refractivity contribution in [2.24, 2.45) is 0 Å². The molecule has 1 heterocycles. The maximum atomic E-state index is 13.8. The Morgan fingerprint density at radius 3 is 2.86 bits per heavy atom. The quantitative estimate of drug-likeness (QED) is 0.775. The molecule has 0 amide bonds. The van der Waals surface area contributed by atoms with Gasteiger partial charge in [0.25, 0.3) is 0 Å². The average Bonchev–Trinajstić information content (AvgIpc) is 2.46. The van der Waals surface area contributed by atoms with Gasteiger partial charge in [-0.2, -0.15) is 4.31 Å². The Kier molecular flexibility index (Phi) is 5.13. The maximum absolute atomic E-state index is 13.8. The highest BCUT2D eigenvalue weighted by Crippen LogP contribution is 2.27. The molecule has 0 aliphatic carbocycles. The molecule has 0 N–H and O–H groups in total. The third-order valence-electron chi connectivity index (χ3n) is 3.01. The van der Waals surface area contributed by atoms with Gasteiger partial charge in [0.1, 0.15) is 16.0 Å². The van der Waals surface area contributed by atoms with Gasteiger partial charge in [-0.05, 0) is 18.2 Å². The number of thioether (sulfide) groups is 1. The molecule has 1 aromatic carbocycles. The fourth-order valence-electron chi connectivity index (χ4n) is 1.94. The molecule has 1 saturated heterocycles. The normalized spacial score (nSPS) is 20.2. The zero-order valence-corrected chi connectivity index (χ0v) is 13.5. The van der Waals surface area contributed by atoms with Gasteiger partial charge in [0.15, 0.2) is 0 Å². The molecular weight excluding hydrogens is 341 g/mol. The first-order chi connectivity index (χ1) is 9.86. The van der Waals surface area contributed by atoms with Crippen LogP contribution < -0.4 is 0 Å². The van der Waals surface area contributed by atoms with Crippen molar-refractivity contribution in [3.8, 4) is 0 Å². The summed E-state index contributed by atoms with van der Waals surface area (Å²) in [6, 6.07) is 3.39. The van der Waals surface area contributed by atoms with Crippen molar-refractivity contribution in [2.45, 2.75) is 10.1 Å². The molecule has 1 aliphatic rings. The van der Waals surface area contributed by atoms with E-state index >= 15 is 0 Å². The number of esters is 1. The van der Waals surface area contributed by atoms with Gasteiger partial charge < -0.3 is 4.74 Å². The van der Waals surface area contributed by atoms with Crippen LogP contribution in [0.15, 0.2) is 23.1 Å². The Morgan fingerprint density at radius 1 is 1.52 bits per heavy atom. The zero-order chi connectivity index (χ0) is 15.6. The Balaban J connectivity index is 2.28. The summed E-state index contributed by atoms with van der Waals surface area (Å²) in [4.78, 5) is 11.1. The van der Waals surface area contributed by atoms with Crippen molar-refractivity contribution in [3.63, 3.8) is 0 Å². The zero-order valence-electron chi connectivity index (χ0n) is 11.1. The van der Waals surface area contributed by atoms with E-state index in [1.807, 2.05) is 0 Å². The highest BCUT2D eigenvalue weighted by molar-refractivity contribution is 8.00. The molecule has 9 heteroatoms. The minimum Gasteiger partial charge on any atom is -0.468 e. The van der Waals surface area contributed by atoms with Crippen LogP contribution in [0.5, 0.6) is 0 Å². The Bertz CT molecular complexity index is 653. The van der Waals surface area contributed by atoms with Gasteiger partial charge in [0.2, 0.25) is 10.0 Å². The molecular formula is C12H13ClFNO4S2. The standard InChI is InChI=1S/C12H13ClFNO4S2/c1-19-12(16)10-7-15(4-5-20-10)21(17,18)11-3-2-8(13)6-9(11)14/h2-3,6,10H,4-5,7H2,1H3/t10-/m1/s1. The van der Waals surface area contributed by atoms with Crippen molar-refractivity contribution in [1.82, 2.24) is 4.31 Å². The monoisotopic (exact) mass is 353 g/mol. The summed E-state index contributed by atoms with van der Waals surface area (Å²) in [5.74, 6) is -0.958. The summed E-state index contributed by atoms with van der Waals surface area (Å²) < 4.78 is 44.5. The molecule has 1 fully saturated rings. The SMILES string of the molecule is COC(=O)[C@H]1CN(S(=O)(=O)c2ccc(Cl)cc2F)CCS1. The molecule has 5 nitrogen and oxygen atoms in total. The number of hydrogen-bond donors (Lipinski definition) is 0. The van der Waals surface area contributed by atoms with Crippen LogP contribution in [0.2, 0.25) is 5.02 Å². The summed E-state index contributed by atoms with van der Waals surface area (Å²) >= 11 is 6.95. The summed E-state index contributed by atoms with van der Waals surface area (Å²) in [5, 5.41) is -0.484. The van der Waals surface area contributed by atoms with Crippen molar-refractivity contribution >= 4 is 39.4 Å². The topological polar surface area (TPSA) is 63.7 Å². The van der Waals surface area contributed by atoms with E-state index in [0.717, 1.165) is 16.4 Å². The van der Waals surface area contributed by atoms with Gasteiger partial charge in [-0.25, -0.2) is 12.8 Å². The number of hydrogen-bond acceptors (Lipinski definition) is 5. The number of ether oxygens (including phenoxy) is 1. The predicted octanol–water partition coefficient (Wildman–Crippen LogP) is 1.76. The number of benzene rings is 1. The maximum Gasteiger partial charge on any atom is 0.320 e. The lowest BCUT2D eigenvalue weighted by molar-refractivity contribution is -0.140. The summed E-state index contributed by atoms with van der Waals surface area (Å²) in [6.45, 7) is 0.171. The van der Waals surface area contributed by atoms with Crippen LogP contribution in [0.3, 0.4) is 0 Å². The van der Waals surface area contributed by atoms with Crippen LogP contribution in [-0.2, 0) is 19.6 Å². The molecule has 0 radical (unpaired) electrons. The number of carbonyl (C=O) groups is 1. The van der Waals surface area contributed by atoms with E-state index in [1.54, 1.807) is 0 Å². The average molecular weight is 354 g/mol. The summed E-state index contributed by atoms with van der Waals surface area (Å²) in [7, 11) is -2.76. The number of rotatable bonds is 3. The highest BCUT2D eigenvalue weighted by Gasteiger charge is 2.35. The summed E-state index contributed by atoms with van der Waals surface area (Å²) in [6.07, 6.45) is 0. The third kappa shape index (κ3) is 3.50. The second-order valence-corrected chi connectivity index (χ2v) is 7.97. The van der Waals surface area contributed by atoms with E-state index in [1.165, 1.54) is 24.9 Å². The molecule has 1 aliphatic heterocycles. The van der Waals surface area contributed by atoms with E-state index in [4.69, 9.17) is 11.6 Å². The van der Waals surface area contributed by atoms with Gasteiger partial charge in [0, 0.05) is 23.9 Å². The first-order valence-corrected chi connectivity index (χ1v) is 8.87. The van der Waals surface area contributed by atoms with Crippen molar-refractivity contribution in [2.75, 3.05) is 26.0 Å². The predicted molar refractivity (Wildman–Crippen MR) is 78.4 cm³/mol. The molecule has 0 bridgehead atoms. The highest BCUT2D eigenvalue weighted by atomic mass is 35.5. The van der Waals surface area contributed by atoms with Gasteiger partial charge in [-0.15, -0.1) is 11.8 Å². The summed E-state index contributed by atoms with van der Waals surface area (Å²) in [5.41, 5.74) is 0. The number of methoxy groups -OCH3 is 1. The molecule has 0 aromatic heterocycles. The van der Waals surface area contributed by atoms with Crippen molar-refractivity contribution < 1.29 is 22.3 Å². The molecule has 0 saturated carbocycles. The lowest BCUT2D eigenvalue weighted by Gasteiger charge is -2.30. The Hall–Kier alpha value is -0.830. The lowest BCUT2D eigenvalue weighted by Crippen LogP contribution is -2.45. The van der Waals surface area contributed by atoms with Crippen LogP contribution in [0, 0.1) is 5.82 Å². The number of halogens is 2. The largest absolute Gasteiger partial charge is 0.468 e. The van der Waals surface area contributed by atoms with Gasteiger partial charge in [0.05, 0.1) is 7.11 Å². The number of sulfonamides is 1. The van der Waals surface area contributed by atoms with E-state index in [-0.39, 0.29) is 18.1 Å².